The van der Waals surface area contributed by atoms with Crippen molar-refractivity contribution in [3.05, 3.63) is 52.2 Å². The van der Waals surface area contributed by atoms with Crippen LogP contribution in [0.4, 0.5) is 9.39 Å². The molecule has 2 aromatic rings. The van der Waals surface area contributed by atoms with Crippen molar-refractivity contribution in [2.75, 3.05) is 18.2 Å². The summed E-state index contributed by atoms with van der Waals surface area (Å²) >= 11 is 7.86. The van der Waals surface area contributed by atoms with Gasteiger partial charge in [-0.05, 0) is 42.9 Å². The van der Waals surface area contributed by atoms with Gasteiger partial charge in [0.2, 0.25) is 5.91 Å². The summed E-state index contributed by atoms with van der Waals surface area (Å²) in [5, 5.41) is 3.56. The van der Waals surface area contributed by atoms with Crippen LogP contribution in [0.1, 0.15) is 20.8 Å². The maximum Gasteiger partial charge on any atom is 0.340 e. The molecule has 6 nitrogen and oxygen atoms in total. The third-order valence-corrected chi connectivity index (χ3v) is 5.39. The number of hydrazine groups is 1. The van der Waals surface area contributed by atoms with Gasteiger partial charge in [-0.3, -0.25) is 15.6 Å². The van der Waals surface area contributed by atoms with Crippen LogP contribution in [0.2, 0.25) is 0 Å². The van der Waals surface area contributed by atoms with Crippen molar-refractivity contribution < 1.29 is 18.7 Å². The van der Waals surface area contributed by atoms with Crippen LogP contribution in [0.3, 0.4) is 0 Å². The van der Waals surface area contributed by atoms with E-state index in [0.29, 0.717) is 16.3 Å². The molecular formula is C17H18FN3O3S3. The number of rotatable bonds is 6. The molecule has 1 aromatic carbocycles. The summed E-state index contributed by atoms with van der Waals surface area (Å²) in [4.78, 5) is 24.5. The molecule has 0 bridgehead atoms. The van der Waals surface area contributed by atoms with E-state index in [0.717, 1.165) is 10.4 Å². The summed E-state index contributed by atoms with van der Waals surface area (Å²) in [5.41, 5.74) is 6.39. The minimum absolute atomic E-state index is 0.152. The number of aryl methyl sites for hydroxylation is 1. The molecular weight excluding hydrogens is 409 g/mol. The standard InChI is InChI=1S/C17H18FN3O3S3/c1-10-7-13(16(23)24-2)15(27-10)19-17(25)21-20-14(22)9-26-8-11-3-5-12(18)6-4-11/h3-7H,8-9H2,1-2H3,(H,20,22)(H2,19,21,25). The number of methoxy groups -OCH3 is 1. The van der Waals surface area contributed by atoms with E-state index in [4.69, 9.17) is 17.0 Å². The highest BCUT2D eigenvalue weighted by Gasteiger charge is 2.16. The maximum atomic E-state index is 12.8. The number of nitrogens with one attached hydrogen (secondary N) is 3. The molecule has 0 aliphatic carbocycles. The topological polar surface area (TPSA) is 79.5 Å². The lowest BCUT2D eigenvalue weighted by atomic mass is 10.2. The Morgan fingerprint density at radius 1 is 1.26 bits per heavy atom. The molecule has 0 radical (unpaired) electrons. The Balaban J connectivity index is 1.74. The normalized spacial score (nSPS) is 10.2. The number of carbonyl (C=O) groups excluding carboxylic acids is 2. The fourth-order valence-electron chi connectivity index (χ4n) is 2.01. The molecule has 0 spiro atoms. The molecule has 0 aliphatic heterocycles. The van der Waals surface area contributed by atoms with Gasteiger partial charge in [0.15, 0.2) is 5.11 Å². The van der Waals surface area contributed by atoms with Gasteiger partial charge >= 0.3 is 5.97 Å². The van der Waals surface area contributed by atoms with Crippen LogP contribution in [0.5, 0.6) is 0 Å². The minimum atomic E-state index is -0.467. The van der Waals surface area contributed by atoms with Crippen LogP contribution in [0, 0.1) is 12.7 Å². The van der Waals surface area contributed by atoms with Crippen molar-refractivity contribution in [3.63, 3.8) is 0 Å². The largest absolute Gasteiger partial charge is 0.465 e. The highest BCUT2D eigenvalue weighted by Crippen LogP contribution is 2.28. The van der Waals surface area contributed by atoms with Crippen molar-refractivity contribution in [1.29, 1.82) is 0 Å². The summed E-state index contributed by atoms with van der Waals surface area (Å²) in [6, 6.07) is 7.83. The zero-order valence-electron chi connectivity index (χ0n) is 14.6. The number of anilines is 1. The second-order valence-electron chi connectivity index (χ2n) is 5.34. The van der Waals surface area contributed by atoms with Gasteiger partial charge in [0.25, 0.3) is 0 Å². The Bertz CT molecular complexity index is 825. The van der Waals surface area contributed by atoms with Crippen LogP contribution < -0.4 is 16.2 Å². The zero-order valence-corrected chi connectivity index (χ0v) is 17.1. The third-order valence-electron chi connectivity index (χ3n) is 3.22. The van der Waals surface area contributed by atoms with E-state index in [9.17, 15) is 14.0 Å². The predicted molar refractivity (Wildman–Crippen MR) is 110 cm³/mol. The Labute approximate surface area is 169 Å². The third kappa shape index (κ3) is 6.81. The van der Waals surface area contributed by atoms with E-state index in [-0.39, 0.29) is 22.6 Å². The molecule has 0 saturated heterocycles. The van der Waals surface area contributed by atoms with E-state index in [1.807, 2.05) is 6.92 Å². The molecule has 0 unspecified atom stereocenters. The number of hydrogen-bond donors (Lipinski definition) is 3. The number of thioether (sulfide) groups is 1. The number of ether oxygens (including phenoxy) is 1. The van der Waals surface area contributed by atoms with E-state index in [1.54, 1.807) is 18.2 Å². The molecule has 0 atom stereocenters. The molecule has 3 N–H and O–H groups in total. The number of esters is 1. The second-order valence-corrected chi connectivity index (χ2v) is 7.99. The van der Waals surface area contributed by atoms with Gasteiger partial charge in [-0.1, -0.05) is 12.1 Å². The minimum Gasteiger partial charge on any atom is -0.465 e. The summed E-state index contributed by atoms with van der Waals surface area (Å²) < 4.78 is 17.6. The van der Waals surface area contributed by atoms with E-state index in [2.05, 4.69) is 16.2 Å². The lowest BCUT2D eigenvalue weighted by Crippen LogP contribution is -2.44. The van der Waals surface area contributed by atoms with Gasteiger partial charge in [-0.15, -0.1) is 23.1 Å². The molecule has 0 fully saturated rings. The monoisotopic (exact) mass is 427 g/mol. The lowest BCUT2D eigenvalue weighted by Gasteiger charge is -2.11. The summed E-state index contributed by atoms with van der Waals surface area (Å²) in [7, 11) is 1.31. The van der Waals surface area contributed by atoms with Gasteiger partial charge in [-0.25, -0.2) is 9.18 Å². The van der Waals surface area contributed by atoms with Crippen molar-refractivity contribution >= 4 is 57.3 Å². The number of amides is 1. The van der Waals surface area contributed by atoms with E-state index < -0.39 is 5.97 Å². The molecule has 0 aliphatic rings. The molecule has 2 rings (SSSR count). The predicted octanol–water partition coefficient (Wildman–Crippen LogP) is 3.23. The zero-order chi connectivity index (χ0) is 19.8. The first-order valence-corrected chi connectivity index (χ1v) is 10.1. The van der Waals surface area contributed by atoms with Crippen molar-refractivity contribution in [2.45, 2.75) is 12.7 Å². The van der Waals surface area contributed by atoms with Crippen molar-refractivity contribution in [3.8, 4) is 0 Å². The van der Waals surface area contributed by atoms with Crippen LogP contribution in [0.15, 0.2) is 30.3 Å². The molecule has 144 valence electrons. The highest BCUT2D eigenvalue weighted by atomic mass is 32.2. The Morgan fingerprint density at radius 3 is 2.63 bits per heavy atom. The number of benzene rings is 1. The highest BCUT2D eigenvalue weighted by molar-refractivity contribution is 7.99. The van der Waals surface area contributed by atoms with Gasteiger partial charge in [0, 0.05) is 10.6 Å². The quantitative estimate of drug-likeness (QED) is 0.371. The van der Waals surface area contributed by atoms with Gasteiger partial charge in [0.05, 0.1) is 18.4 Å². The maximum absolute atomic E-state index is 12.8. The van der Waals surface area contributed by atoms with Gasteiger partial charge in [-0.2, -0.15) is 0 Å². The van der Waals surface area contributed by atoms with Crippen LogP contribution >= 0.6 is 35.3 Å². The first kappa shape index (κ1) is 21.1. The summed E-state index contributed by atoms with van der Waals surface area (Å²) in [6.45, 7) is 1.86. The Hall–Kier alpha value is -2.17. The SMILES string of the molecule is COC(=O)c1cc(C)sc1NC(=S)NNC(=O)CSCc1ccc(F)cc1. The van der Waals surface area contributed by atoms with Crippen molar-refractivity contribution in [1.82, 2.24) is 10.9 Å². The van der Waals surface area contributed by atoms with E-state index >= 15 is 0 Å². The van der Waals surface area contributed by atoms with Gasteiger partial charge in [0.1, 0.15) is 10.8 Å². The average molecular weight is 428 g/mol. The Kier molecular flexibility index (Phi) is 8.01. The number of halogens is 1. The fraction of sp³-hybridized carbons (Fsp3) is 0.235. The Morgan fingerprint density at radius 2 is 1.96 bits per heavy atom. The number of carbonyl (C=O) groups is 2. The second kappa shape index (κ2) is 10.2. The van der Waals surface area contributed by atoms with Gasteiger partial charge < -0.3 is 10.1 Å². The first-order chi connectivity index (χ1) is 12.9. The molecule has 1 amide bonds. The fourth-order valence-corrected chi connectivity index (χ4v) is 3.92. The molecule has 27 heavy (non-hydrogen) atoms. The van der Waals surface area contributed by atoms with Crippen molar-refractivity contribution in [2.24, 2.45) is 0 Å². The summed E-state index contributed by atoms with van der Waals surface area (Å²) in [6.07, 6.45) is 0. The molecule has 1 heterocycles. The average Bonchev–Trinajstić information content (AvgIpc) is 3.01. The number of thiocarbonyl (C=S) groups is 1. The smallest absolute Gasteiger partial charge is 0.340 e. The molecule has 0 saturated carbocycles. The molecule has 10 heteroatoms. The number of thiophene rings is 1. The number of hydrogen-bond acceptors (Lipinski definition) is 6. The van der Waals surface area contributed by atoms with E-state index in [1.165, 1.54) is 42.3 Å². The molecule has 1 aromatic heterocycles. The summed E-state index contributed by atoms with van der Waals surface area (Å²) in [5.74, 6) is -0.220. The van der Waals surface area contributed by atoms with Crippen LogP contribution in [-0.2, 0) is 15.3 Å². The van der Waals surface area contributed by atoms with Crippen LogP contribution in [0.25, 0.3) is 0 Å². The lowest BCUT2D eigenvalue weighted by molar-refractivity contribution is -0.119. The van der Waals surface area contributed by atoms with Crippen LogP contribution in [-0.4, -0.2) is 29.9 Å². The first-order valence-electron chi connectivity index (χ1n) is 7.76.